The molecule has 0 N–H and O–H groups in total. The van der Waals surface area contributed by atoms with Gasteiger partial charge in [0.2, 0.25) is 0 Å². The quantitative estimate of drug-likeness (QED) is 0.543. The van der Waals surface area contributed by atoms with Gasteiger partial charge >= 0.3 is 0 Å². The van der Waals surface area contributed by atoms with Crippen molar-refractivity contribution in [1.82, 2.24) is 4.98 Å². The molecule has 1 aliphatic heterocycles. The van der Waals surface area contributed by atoms with E-state index in [0.29, 0.717) is 6.61 Å². The first-order chi connectivity index (χ1) is 11.9. The van der Waals surface area contributed by atoms with Crippen molar-refractivity contribution >= 4 is 33.4 Å². The van der Waals surface area contributed by atoms with Crippen LogP contribution in [0.2, 0.25) is 0 Å². The molecule has 0 radical (unpaired) electrons. The highest BCUT2D eigenvalue weighted by molar-refractivity contribution is 8.93. The number of benzene rings is 2. The van der Waals surface area contributed by atoms with E-state index in [1.807, 2.05) is 30.3 Å². The zero-order chi connectivity index (χ0) is 16.2. The van der Waals surface area contributed by atoms with Gasteiger partial charge in [0.05, 0.1) is 5.69 Å². The second-order valence-electron chi connectivity index (χ2n) is 6.01. The smallest absolute Gasteiger partial charge is 0.185 e. The third kappa shape index (κ3) is 4.41. The predicted octanol–water partition coefficient (Wildman–Crippen LogP) is 5.57. The minimum Gasteiger partial charge on any atom is -0.489 e. The van der Waals surface area contributed by atoms with Gasteiger partial charge in [-0.2, -0.15) is 0 Å². The van der Waals surface area contributed by atoms with E-state index in [0.717, 1.165) is 35.2 Å². The molecule has 3 nitrogen and oxygen atoms in total. The van der Waals surface area contributed by atoms with Crippen molar-refractivity contribution in [3.8, 4) is 17.0 Å². The molecule has 2 heterocycles. The highest BCUT2D eigenvalue weighted by Crippen LogP contribution is 2.30. The van der Waals surface area contributed by atoms with E-state index in [2.05, 4.69) is 34.5 Å². The minimum absolute atomic E-state index is 0. The van der Waals surface area contributed by atoms with E-state index >= 15 is 0 Å². The van der Waals surface area contributed by atoms with Crippen molar-refractivity contribution in [1.29, 1.82) is 0 Å². The Bertz CT molecular complexity index is 783. The van der Waals surface area contributed by atoms with Gasteiger partial charge in [-0.15, -0.1) is 28.3 Å². The first-order valence-electron chi connectivity index (χ1n) is 8.36. The van der Waals surface area contributed by atoms with Crippen molar-refractivity contribution < 1.29 is 4.74 Å². The van der Waals surface area contributed by atoms with Gasteiger partial charge < -0.3 is 9.64 Å². The Morgan fingerprint density at radius 2 is 1.68 bits per heavy atom. The zero-order valence-electron chi connectivity index (χ0n) is 13.9. The molecule has 25 heavy (non-hydrogen) atoms. The van der Waals surface area contributed by atoms with Crippen molar-refractivity contribution in [3.63, 3.8) is 0 Å². The van der Waals surface area contributed by atoms with Crippen LogP contribution in [0.5, 0.6) is 5.75 Å². The summed E-state index contributed by atoms with van der Waals surface area (Å²) in [7, 11) is 0. The van der Waals surface area contributed by atoms with Crippen molar-refractivity contribution in [2.45, 2.75) is 19.4 Å². The summed E-state index contributed by atoms with van der Waals surface area (Å²) in [5.74, 6) is 0.887. The summed E-state index contributed by atoms with van der Waals surface area (Å²) < 4.78 is 5.84. The van der Waals surface area contributed by atoms with Crippen molar-refractivity contribution in [3.05, 3.63) is 65.5 Å². The molecular formula is C20H21BrN2OS. The van der Waals surface area contributed by atoms with E-state index in [9.17, 15) is 0 Å². The van der Waals surface area contributed by atoms with Crippen LogP contribution < -0.4 is 9.64 Å². The number of hydrogen-bond donors (Lipinski definition) is 0. The fourth-order valence-electron chi connectivity index (χ4n) is 2.91. The molecule has 0 unspecified atom stereocenters. The summed E-state index contributed by atoms with van der Waals surface area (Å²) in [4.78, 5) is 7.17. The van der Waals surface area contributed by atoms with Gasteiger partial charge in [0.25, 0.3) is 0 Å². The van der Waals surface area contributed by atoms with Crippen LogP contribution in [0.25, 0.3) is 11.3 Å². The number of thiazole rings is 1. The van der Waals surface area contributed by atoms with E-state index in [-0.39, 0.29) is 17.0 Å². The molecular weight excluding hydrogens is 396 g/mol. The summed E-state index contributed by atoms with van der Waals surface area (Å²) in [5.41, 5.74) is 3.37. The Labute approximate surface area is 163 Å². The maximum absolute atomic E-state index is 5.84. The fourth-order valence-corrected chi connectivity index (χ4v) is 3.80. The fraction of sp³-hybridized carbons (Fsp3) is 0.250. The molecule has 4 rings (SSSR count). The second kappa shape index (κ2) is 8.50. The van der Waals surface area contributed by atoms with E-state index in [4.69, 9.17) is 9.72 Å². The van der Waals surface area contributed by atoms with Crippen LogP contribution in [0.1, 0.15) is 18.4 Å². The summed E-state index contributed by atoms with van der Waals surface area (Å²) in [6.07, 6.45) is 2.56. The lowest BCUT2D eigenvalue weighted by molar-refractivity contribution is 0.306. The van der Waals surface area contributed by atoms with E-state index in [1.54, 1.807) is 11.3 Å². The largest absolute Gasteiger partial charge is 0.489 e. The highest BCUT2D eigenvalue weighted by Gasteiger charge is 2.16. The molecule has 0 aliphatic carbocycles. The van der Waals surface area contributed by atoms with Crippen LogP contribution in [0.4, 0.5) is 5.13 Å². The Morgan fingerprint density at radius 1 is 0.960 bits per heavy atom. The Hall–Kier alpha value is -1.85. The van der Waals surface area contributed by atoms with Gasteiger partial charge in [-0.25, -0.2) is 4.98 Å². The molecule has 3 aromatic rings. The van der Waals surface area contributed by atoms with Crippen LogP contribution in [-0.4, -0.2) is 18.1 Å². The molecule has 0 amide bonds. The molecule has 5 heteroatoms. The minimum atomic E-state index is 0. The number of halogens is 1. The zero-order valence-corrected chi connectivity index (χ0v) is 16.5. The van der Waals surface area contributed by atoms with Crippen LogP contribution in [0.3, 0.4) is 0 Å². The molecule has 130 valence electrons. The van der Waals surface area contributed by atoms with Gasteiger partial charge in [-0.05, 0) is 42.7 Å². The Balaban J connectivity index is 0.00000182. The second-order valence-corrected chi connectivity index (χ2v) is 6.84. The van der Waals surface area contributed by atoms with Gasteiger partial charge in [-0.3, -0.25) is 0 Å². The highest BCUT2D eigenvalue weighted by atomic mass is 79.9. The third-order valence-corrected chi connectivity index (χ3v) is 5.17. The standard InChI is InChI=1S/C20H20N2OS.BrH/c1-2-6-16(7-3-1)14-23-18-10-8-17(9-11-18)19-15-24-20(21-19)22-12-4-5-13-22;/h1-3,6-11,15H,4-5,12-14H2;1H. The summed E-state index contributed by atoms with van der Waals surface area (Å²) in [6.45, 7) is 2.87. The molecule has 1 fully saturated rings. The Morgan fingerprint density at radius 3 is 2.40 bits per heavy atom. The van der Waals surface area contributed by atoms with Crippen molar-refractivity contribution in [2.24, 2.45) is 0 Å². The normalized spacial score (nSPS) is 13.5. The number of aromatic nitrogens is 1. The molecule has 0 saturated carbocycles. The van der Waals surface area contributed by atoms with E-state index < -0.39 is 0 Å². The number of rotatable bonds is 5. The average Bonchev–Trinajstić information content (AvgIpc) is 3.33. The van der Waals surface area contributed by atoms with Gasteiger partial charge in [0.15, 0.2) is 5.13 Å². The maximum Gasteiger partial charge on any atom is 0.185 e. The van der Waals surface area contributed by atoms with E-state index in [1.165, 1.54) is 18.4 Å². The molecule has 1 aliphatic rings. The third-order valence-electron chi connectivity index (χ3n) is 4.27. The van der Waals surface area contributed by atoms with Gasteiger partial charge in [-0.1, -0.05) is 30.3 Å². The van der Waals surface area contributed by atoms with Crippen molar-refractivity contribution in [2.75, 3.05) is 18.0 Å². The monoisotopic (exact) mass is 416 g/mol. The number of ether oxygens (including phenoxy) is 1. The lowest BCUT2D eigenvalue weighted by atomic mass is 10.2. The molecule has 0 spiro atoms. The first kappa shape index (κ1) is 18.0. The number of anilines is 1. The topological polar surface area (TPSA) is 25.4 Å². The van der Waals surface area contributed by atoms with Gasteiger partial charge in [0.1, 0.15) is 12.4 Å². The van der Waals surface area contributed by atoms with Crippen LogP contribution in [0, 0.1) is 0 Å². The molecule has 1 saturated heterocycles. The van der Waals surface area contributed by atoms with Crippen LogP contribution >= 0.6 is 28.3 Å². The Kier molecular flexibility index (Phi) is 6.10. The average molecular weight is 417 g/mol. The molecule has 2 aromatic carbocycles. The number of hydrogen-bond acceptors (Lipinski definition) is 4. The first-order valence-corrected chi connectivity index (χ1v) is 9.24. The lowest BCUT2D eigenvalue weighted by Gasteiger charge is -2.12. The summed E-state index contributed by atoms with van der Waals surface area (Å²) >= 11 is 1.74. The molecule has 0 atom stereocenters. The summed E-state index contributed by atoms with van der Waals surface area (Å²) in [6, 6.07) is 18.4. The SMILES string of the molecule is Br.c1ccc(COc2ccc(-c3csc(N4CCCC4)n3)cc2)cc1. The molecule has 1 aromatic heterocycles. The number of nitrogens with zero attached hydrogens (tertiary/aromatic N) is 2. The molecule has 0 bridgehead atoms. The summed E-state index contributed by atoms with van der Waals surface area (Å²) in [5, 5.41) is 3.29. The van der Waals surface area contributed by atoms with Crippen LogP contribution in [0.15, 0.2) is 60.0 Å². The van der Waals surface area contributed by atoms with Gasteiger partial charge in [0, 0.05) is 24.0 Å². The predicted molar refractivity (Wildman–Crippen MR) is 110 cm³/mol. The van der Waals surface area contributed by atoms with Crippen LogP contribution in [-0.2, 0) is 6.61 Å². The lowest BCUT2D eigenvalue weighted by Crippen LogP contribution is -2.17. The maximum atomic E-state index is 5.84.